The Kier molecular flexibility index (Phi) is 22.3. The summed E-state index contributed by atoms with van der Waals surface area (Å²) in [6.07, 6.45) is 3.98. The third-order valence-electron chi connectivity index (χ3n) is 15.7. The minimum Gasteiger partial charge on any atom is -0.462 e. The molecule has 23 heteroatoms. The number of esters is 1. The first-order chi connectivity index (χ1) is 38.6. The standard InChI is InChI=1S/C59H75ClF2N6O13S/c1-32(2)39(27-38(82)15-10-9-11-21-68-49(70)18-19-50(68)71)55(74)65-42(16-13-20-64-56(63)75)45(69)26-37-25-41(62)43(28-40(37)61)66-57(76)80-48-29-51(72)67(7)44-24-36(23-34(4)53(44)60)22-33(3)14-12-17-47(78-8)59(77)30-46(79-52(73)31-59)35(5)54-58(48,6)81-54/h12,14,17-19,23-25,28,32,35,39,42,46-48,54,77H,9-11,13,15-16,20-22,26-27,29-31H2,1-8H3,(H,65,74)(H,66,76)(H3,63,64,75)/b17-12+,33-14+/t35-,39+,42+,46+,47-,48+,54+,58+,59-/m1/s1. The van der Waals surface area contributed by atoms with Crippen molar-refractivity contribution in [1.29, 1.82) is 0 Å². The van der Waals surface area contributed by atoms with E-state index in [1.807, 2.05) is 32.9 Å². The SMILES string of the molecule is CO[C@@H]1/C=C/C=C(\C)Cc2cc(C)c(Cl)c(c2)N(C)C(=O)C[C@H](OC(=O)Nc2cc(F)c(CC(=O)[C@H](CCCNC(N)=O)NC(=O)[C@@H](CC(=S)CCCCCN3C(=O)C=CC3=O)C(C)C)cc2F)[C@]2(C)O[C@H]2[C@H](C)[C@@H]2C[C@@]1(O)CC(=O)O2. The van der Waals surface area contributed by atoms with Crippen molar-refractivity contribution < 1.29 is 71.2 Å². The number of methoxy groups -OCH3 is 1. The molecule has 0 radical (unpaired) electrons. The first kappa shape index (κ1) is 64.7. The number of rotatable bonds is 21. The number of halogens is 3. The number of ether oxygens (including phenoxy) is 4. The molecule has 7 amide bonds. The molecule has 0 saturated carbocycles. The fourth-order valence-corrected chi connectivity index (χ4v) is 11.4. The van der Waals surface area contributed by atoms with Gasteiger partial charge >= 0.3 is 18.1 Å². The Labute approximate surface area is 487 Å². The number of ketones is 1. The number of unbranched alkanes of at least 4 members (excludes halogenated alkanes) is 2. The molecule has 2 aromatic rings. The number of nitrogens with zero attached hydrogens (tertiary/aromatic N) is 2. The minimum absolute atomic E-state index is 0.00870. The van der Waals surface area contributed by atoms with Crippen LogP contribution < -0.4 is 26.6 Å². The van der Waals surface area contributed by atoms with Crippen LogP contribution in [-0.2, 0) is 60.6 Å². The van der Waals surface area contributed by atoms with Crippen LogP contribution in [0.15, 0.2) is 60.2 Å². The molecule has 6 rings (SSSR count). The second-order valence-corrected chi connectivity index (χ2v) is 23.3. The number of imide groups is 1. The number of amides is 7. The van der Waals surface area contributed by atoms with Crippen LogP contribution in [-0.4, -0.2) is 131 Å². The van der Waals surface area contributed by atoms with Crippen molar-refractivity contribution in [3.63, 3.8) is 0 Å². The summed E-state index contributed by atoms with van der Waals surface area (Å²) in [5, 5.41) is 19.7. The maximum Gasteiger partial charge on any atom is 0.412 e. The molecule has 9 atom stereocenters. The first-order valence-electron chi connectivity index (χ1n) is 27.5. The van der Waals surface area contributed by atoms with Gasteiger partial charge in [0.1, 0.15) is 41.1 Å². The van der Waals surface area contributed by atoms with Crippen molar-refractivity contribution in [2.45, 2.75) is 160 Å². The zero-order chi connectivity index (χ0) is 60.4. The number of urea groups is 1. The summed E-state index contributed by atoms with van der Waals surface area (Å²) in [4.78, 5) is 108. The van der Waals surface area contributed by atoms with Gasteiger partial charge in [-0.1, -0.05) is 80.9 Å². The van der Waals surface area contributed by atoms with E-state index < -0.39 is 125 Å². The Bertz CT molecular complexity index is 2880. The van der Waals surface area contributed by atoms with Gasteiger partial charge in [0.25, 0.3) is 11.8 Å². The van der Waals surface area contributed by atoms with Gasteiger partial charge in [0.05, 0.1) is 41.4 Å². The number of aliphatic hydroxyl groups is 1. The van der Waals surface area contributed by atoms with Crippen LogP contribution in [0.3, 0.4) is 0 Å². The topological polar surface area (TPSA) is 266 Å². The van der Waals surface area contributed by atoms with Crippen molar-refractivity contribution >= 4 is 87.6 Å². The van der Waals surface area contributed by atoms with E-state index in [9.17, 15) is 43.5 Å². The number of benzene rings is 2. The average Bonchev–Trinajstić information content (AvgIpc) is 2.07. The lowest BCUT2D eigenvalue weighted by Gasteiger charge is -2.41. The molecular formula is C59H75ClF2N6O13S. The van der Waals surface area contributed by atoms with Crippen LogP contribution in [0.4, 0.5) is 29.7 Å². The van der Waals surface area contributed by atoms with E-state index in [2.05, 4.69) is 16.0 Å². The summed E-state index contributed by atoms with van der Waals surface area (Å²) in [7, 11) is 2.94. The monoisotopic (exact) mass is 1180 g/mol. The quantitative estimate of drug-likeness (QED) is 0.0263. The Morgan fingerprint density at radius 3 is 2.39 bits per heavy atom. The number of carbonyl (C=O) groups is 8. The van der Waals surface area contributed by atoms with Crippen LogP contribution in [0.2, 0.25) is 5.02 Å². The number of thiocarbonyl (C=S) groups is 1. The van der Waals surface area contributed by atoms with E-state index in [1.54, 1.807) is 39.0 Å². The first-order valence-corrected chi connectivity index (χ1v) is 28.3. The van der Waals surface area contributed by atoms with Crippen molar-refractivity contribution in [3.8, 4) is 0 Å². The molecular weight excluding hydrogens is 1110 g/mol. The lowest BCUT2D eigenvalue weighted by atomic mass is 9.78. The van der Waals surface area contributed by atoms with E-state index in [0.717, 1.165) is 17.2 Å². The van der Waals surface area contributed by atoms with Gasteiger partial charge in [-0.15, -0.1) is 0 Å². The number of nitrogens with two attached hydrogens (primary N) is 1. The highest BCUT2D eigenvalue weighted by molar-refractivity contribution is 7.80. The second kappa shape index (κ2) is 28.2. The van der Waals surface area contributed by atoms with Crippen molar-refractivity contribution in [1.82, 2.24) is 15.5 Å². The lowest BCUT2D eigenvalue weighted by Crippen LogP contribution is -2.53. The molecule has 0 aromatic heterocycles. The molecule has 2 fully saturated rings. The molecule has 4 aliphatic heterocycles. The van der Waals surface area contributed by atoms with Gasteiger partial charge in [-0.3, -0.25) is 39.0 Å². The fraction of sp³-hybridized carbons (Fsp3) is 0.542. The number of epoxide rings is 1. The van der Waals surface area contributed by atoms with Crippen LogP contribution in [0.25, 0.3) is 0 Å². The molecule has 4 bridgehead atoms. The van der Waals surface area contributed by atoms with Crippen molar-refractivity contribution in [2.24, 2.45) is 23.5 Å². The normalized spacial score (nSPS) is 25.6. The summed E-state index contributed by atoms with van der Waals surface area (Å²) in [5.74, 6) is -6.92. The smallest absolute Gasteiger partial charge is 0.412 e. The molecule has 4 aliphatic rings. The third-order valence-corrected chi connectivity index (χ3v) is 16.6. The zero-order valence-corrected chi connectivity index (χ0v) is 49.1. The number of hydrogen-bond acceptors (Lipinski definition) is 14. The fourth-order valence-electron chi connectivity index (χ4n) is 10.8. The van der Waals surface area contributed by atoms with Crippen molar-refractivity contribution in [2.75, 3.05) is 37.5 Å². The van der Waals surface area contributed by atoms with Gasteiger partial charge < -0.3 is 45.3 Å². The summed E-state index contributed by atoms with van der Waals surface area (Å²) < 4.78 is 55.8. The van der Waals surface area contributed by atoms with Crippen LogP contribution in [0, 0.1) is 36.3 Å². The van der Waals surface area contributed by atoms with Gasteiger partial charge in [-0.05, 0) is 105 Å². The zero-order valence-electron chi connectivity index (χ0n) is 47.6. The molecule has 446 valence electrons. The van der Waals surface area contributed by atoms with Gasteiger partial charge in [0, 0.05) is 70.1 Å². The van der Waals surface area contributed by atoms with Crippen LogP contribution in [0.5, 0.6) is 0 Å². The van der Waals surface area contributed by atoms with E-state index in [0.29, 0.717) is 59.3 Å². The molecule has 82 heavy (non-hydrogen) atoms. The average molecular weight is 1180 g/mol. The Balaban J connectivity index is 1.17. The number of carbonyl (C=O) groups excluding carboxylic acids is 8. The molecule has 0 aliphatic carbocycles. The summed E-state index contributed by atoms with van der Waals surface area (Å²) in [6, 6.07) is 3.04. The molecule has 0 spiro atoms. The molecule has 2 aromatic carbocycles. The van der Waals surface area contributed by atoms with Gasteiger partial charge in [0.2, 0.25) is 11.8 Å². The number of hydrogen-bond donors (Lipinski definition) is 5. The maximum atomic E-state index is 16.1. The van der Waals surface area contributed by atoms with Crippen molar-refractivity contribution in [3.05, 3.63) is 93.6 Å². The van der Waals surface area contributed by atoms with Gasteiger partial charge in [-0.25, -0.2) is 18.4 Å². The molecule has 4 heterocycles. The highest BCUT2D eigenvalue weighted by Crippen LogP contribution is 2.50. The van der Waals surface area contributed by atoms with Gasteiger partial charge in [-0.2, -0.15) is 0 Å². The maximum absolute atomic E-state index is 16.1. The number of allylic oxidation sites excluding steroid dienone is 3. The highest BCUT2D eigenvalue weighted by atomic mass is 35.5. The Hall–Kier alpha value is -6.46. The van der Waals surface area contributed by atoms with E-state index >= 15 is 8.78 Å². The van der Waals surface area contributed by atoms with E-state index in [4.69, 9.17) is 48.5 Å². The summed E-state index contributed by atoms with van der Waals surface area (Å²) in [6.45, 7) is 11.0. The second-order valence-electron chi connectivity index (χ2n) is 22.4. The third kappa shape index (κ3) is 16.6. The minimum atomic E-state index is -1.69. The summed E-state index contributed by atoms with van der Waals surface area (Å²) >= 11 is 12.5. The summed E-state index contributed by atoms with van der Waals surface area (Å²) in [5.41, 5.74) is 3.84. The lowest BCUT2D eigenvalue weighted by molar-refractivity contribution is -0.187. The highest BCUT2D eigenvalue weighted by Gasteiger charge is 2.64. The van der Waals surface area contributed by atoms with E-state index in [1.165, 1.54) is 36.1 Å². The number of aryl methyl sites for hydroxylation is 1. The Morgan fingerprint density at radius 1 is 1.01 bits per heavy atom. The number of Topliss-reactive ketones (excluding diaryl/α,β-unsaturated/α-hetero) is 1. The number of fused-ring (bicyclic) bond motifs is 5. The molecule has 19 nitrogen and oxygen atoms in total. The number of anilines is 2. The molecule has 6 N–H and O–H groups in total. The predicted octanol–water partition coefficient (Wildman–Crippen LogP) is 7.76. The Morgan fingerprint density at radius 2 is 1.72 bits per heavy atom. The van der Waals surface area contributed by atoms with Gasteiger partial charge in [0.15, 0.2) is 5.78 Å². The van der Waals surface area contributed by atoms with Crippen LogP contribution >= 0.6 is 23.8 Å². The molecule has 2 saturated heterocycles. The predicted molar refractivity (Wildman–Crippen MR) is 306 cm³/mol. The van der Waals surface area contributed by atoms with Crippen LogP contribution in [0.1, 0.15) is 116 Å². The van der Waals surface area contributed by atoms with E-state index in [-0.39, 0.29) is 62.9 Å². The number of nitrogens with one attached hydrogen (secondary N) is 3. The largest absolute Gasteiger partial charge is 0.462 e. The number of primary amides is 1. The molecule has 0 unspecified atom stereocenters.